The van der Waals surface area contributed by atoms with Gasteiger partial charge in [-0.2, -0.15) is 0 Å². The number of nitrogen functional groups attached to an aromatic ring is 1. The van der Waals surface area contributed by atoms with E-state index >= 15 is 0 Å². The van der Waals surface area contributed by atoms with Crippen molar-refractivity contribution >= 4 is 11.6 Å². The van der Waals surface area contributed by atoms with Crippen LogP contribution in [0.2, 0.25) is 0 Å². The van der Waals surface area contributed by atoms with Crippen molar-refractivity contribution in [3.63, 3.8) is 0 Å². The van der Waals surface area contributed by atoms with Crippen LogP contribution in [0, 0.1) is 0 Å². The number of aromatic nitrogens is 1. The van der Waals surface area contributed by atoms with E-state index in [9.17, 15) is 9.59 Å². The molecule has 0 saturated carbocycles. The van der Waals surface area contributed by atoms with E-state index in [-0.39, 0.29) is 18.0 Å². The highest BCUT2D eigenvalue weighted by Crippen LogP contribution is 2.21. The molecule has 2 N–H and O–H groups in total. The van der Waals surface area contributed by atoms with Crippen molar-refractivity contribution in [2.24, 2.45) is 0 Å². The lowest BCUT2D eigenvalue weighted by molar-refractivity contribution is -0.135. The van der Waals surface area contributed by atoms with E-state index in [1.807, 2.05) is 4.90 Å². The Morgan fingerprint density at radius 1 is 1.40 bits per heavy atom. The SMILES string of the molecule is CCCC1CCCCN1C(=O)Cn1cc(N)ccc1=O. The second-order valence-corrected chi connectivity index (χ2v) is 5.45. The van der Waals surface area contributed by atoms with E-state index in [0.717, 1.165) is 32.2 Å². The zero-order valence-corrected chi connectivity index (χ0v) is 12.0. The zero-order valence-electron chi connectivity index (χ0n) is 12.0. The van der Waals surface area contributed by atoms with Crippen molar-refractivity contribution in [3.8, 4) is 0 Å². The third-order valence-electron chi connectivity index (χ3n) is 3.88. The molecule has 1 unspecified atom stereocenters. The molecule has 0 aliphatic carbocycles. The Morgan fingerprint density at radius 3 is 2.95 bits per heavy atom. The molecule has 1 aromatic rings. The van der Waals surface area contributed by atoms with Gasteiger partial charge in [0, 0.05) is 30.5 Å². The lowest BCUT2D eigenvalue weighted by Crippen LogP contribution is -2.45. The maximum Gasteiger partial charge on any atom is 0.251 e. The Morgan fingerprint density at radius 2 is 2.20 bits per heavy atom. The molecule has 110 valence electrons. The molecule has 0 aromatic carbocycles. The van der Waals surface area contributed by atoms with Crippen molar-refractivity contribution < 1.29 is 4.79 Å². The number of rotatable bonds is 4. The van der Waals surface area contributed by atoms with Gasteiger partial charge in [0.2, 0.25) is 5.91 Å². The predicted molar refractivity (Wildman–Crippen MR) is 79.4 cm³/mol. The number of likely N-dealkylation sites (tertiary alicyclic amines) is 1. The number of hydrogen-bond acceptors (Lipinski definition) is 3. The lowest BCUT2D eigenvalue weighted by atomic mass is 9.98. The lowest BCUT2D eigenvalue weighted by Gasteiger charge is -2.36. The number of pyridine rings is 1. The number of carbonyl (C=O) groups is 1. The molecule has 0 spiro atoms. The van der Waals surface area contributed by atoms with Crippen LogP contribution >= 0.6 is 0 Å². The van der Waals surface area contributed by atoms with E-state index in [1.54, 1.807) is 12.3 Å². The molecule has 1 saturated heterocycles. The molecule has 0 radical (unpaired) electrons. The minimum Gasteiger partial charge on any atom is -0.398 e. The average Bonchev–Trinajstić information content (AvgIpc) is 2.44. The van der Waals surface area contributed by atoms with Crippen molar-refractivity contribution in [2.75, 3.05) is 12.3 Å². The highest BCUT2D eigenvalue weighted by atomic mass is 16.2. The molecule has 1 aromatic heterocycles. The number of amides is 1. The summed E-state index contributed by atoms with van der Waals surface area (Å²) in [6.07, 6.45) is 6.97. The molecule has 2 rings (SSSR count). The van der Waals surface area contributed by atoms with Crippen LogP contribution in [-0.4, -0.2) is 28.0 Å². The predicted octanol–water partition coefficient (Wildman–Crippen LogP) is 1.61. The first-order valence-corrected chi connectivity index (χ1v) is 7.37. The van der Waals surface area contributed by atoms with Crippen molar-refractivity contribution in [1.29, 1.82) is 0 Å². The minimum atomic E-state index is -0.184. The van der Waals surface area contributed by atoms with Gasteiger partial charge in [0.25, 0.3) is 5.56 Å². The number of nitrogens with zero attached hydrogens (tertiary/aromatic N) is 2. The van der Waals surface area contributed by atoms with Crippen LogP contribution in [-0.2, 0) is 11.3 Å². The Hall–Kier alpha value is -1.78. The van der Waals surface area contributed by atoms with Crippen LogP contribution in [0.15, 0.2) is 23.1 Å². The van der Waals surface area contributed by atoms with Gasteiger partial charge < -0.3 is 15.2 Å². The number of piperidine rings is 1. The van der Waals surface area contributed by atoms with Gasteiger partial charge in [0.1, 0.15) is 6.54 Å². The largest absolute Gasteiger partial charge is 0.398 e. The van der Waals surface area contributed by atoms with E-state index in [1.165, 1.54) is 17.1 Å². The van der Waals surface area contributed by atoms with Gasteiger partial charge in [-0.05, 0) is 31.7 Å². The maximum absolute atomic E-state index is 12.4. The second kappa shape index (κ2) is 6.59. The summed E-state index contributed by atoms with van der Waals surface area (Å²) in [7, 11) is 0. The second-order valence-electron chi connectivity index (χ2n) is 5.45. The van der Waals surface area contributed by atoms with Crippen LogP contribution in [0.5, 0.6) is 0 Å². The number of hydrogen-bond donors (Lipinski definition) is 1. The molecule has 1 aliphatic heterocycles. The molecule has 5 nitrogen and oxygen atoms in total. The van der Waals surface area contributed by atoms with Gasteiger partial charge in [-0.25, -0.2) is 0 Å². The number of carbonyl (C=O) groups excluding carboxylic acids is 1. The molecule has 20 heavy (non-hydrogen) atoms. The molecule has 1 atom stereocenters. The Labute approximate surface area is 119 Å². The van der Waals surface area contributed by atoms with Crippen molar-refractivity contribution in [3.05, 3.63) is 28.7 Å². The Bertz CT molecular complexity index is 522. The standard InChI is InChI=1S/C15H23N3O2/c1-2-5-13-6-3-4-9-18(13)15(20)11-17-10-12(16)7-8-14(17)19/h7-8,10,13H,2-6,9,11,16H2,1H3. The van der Waals surface area contributed by atoms with E-state index in [2.05, 4.69) is 6.92 Å². The molecule has 1 fully saturated rings. The normalized spacial score (nSPS) is 19.1. The molecular formula is C15H23N3O2. The quantitative estimate of drug-likeness (QED) is 0.909. The molecule has 5 heteroatoms. The van der Waals surface area contributed by atoms with Crippen molar-refractivity contribution in [1.82, 2.24) is 9.47 Å². The first-order valence-electron chi connectivity index (χ1n) is 7.37. The van der Waals surface area contributed by atoms with Gasteiger partial charge in [-0.3, -0.25) is 9.59 Å². The summed E-state index contributed by atoms with van der Waals surface area (Å²) < 4.78 is 1.40. The van der Waals surface area contributed by atoms with Crippen LogP contribution in [0.25, 0.3) is 0 Å². The van der Waals surface area contributed by atoms with E-state index in [4.69, 9.17) is 5.73 Å². The molecule has 0 bridgehead atoms. The summed E-state index contributed by atoms with van der Waals surface area (Å²) in [6, 6.07) is 3.30. The van der Waals surface area contributed by atoms with Crippen LogP contribution in [0.1, 0.15) is 39.0 Å². The summed E-state index contributed by atoms with van der Waals surface area (Å²) in [5.74, 6) is 0.0239. The number of anilines is 1. The fourth-order valence-corrected chi connectivity index (χ4v) is 2.87. The Kier molecular flexibility index (Phi) is 4.82. The average molecular weight is 277 g/mol. The topological polar surface area (TPSA) is 68.3 Å². The van der Waals surface area contributed by atoms with Gasteiger partial charge in [-0.1, -0.05) is 13.3 Å². The summed E-state index contributed by atoms with van der Waals surface area (Å²) in [6.45, 7) is 3.03. The van der Waals surface area contributed by atoms with Gasteiger partial charge in [0.15, 0.2) is 0 Å². The van der Waals surface area contributed by atoms with Crippen molar-refractivity contribution in [2.45, 2.75) is 51.6 Å². The highest BCUT2D eigenvalue weighted by Gasteiger charge is 2.25. The van der Waals surface area contributed by atoms with E-state index < -0.39 is 0 Å². The third-order valence-corrected chi connectivity index (χ3v) is 3.88. The number of nitrogens with two attached hydrogens (primary N) is 1. The van der Waals surface area contributed by atoms with Gasteiger partial charge >= 0.3 is 0 Å². The first-order chi connectivity index (χ1) is 9.61. The van der Waals surface area contributed by atoms with Crippen LogP contribution in [0.4, 0.5) is 5.69 Å². The van der Waals surface area contributed by atoms with Crippen LogP contribution < -0.4 is 11.3 Å². The minimum absolute atomic E-state index is 0.0239. The van der Waals surface area contributed by atoms with Gasteiger partial charge in [-0.15, -0.1) is 0 Å². The smallest absolute Gasteiger partial charge is 0.251 e. The monoisotopic (exact) mass is 277 g/mol. The zero-order chi connectivity index (χ0) is 14.5. The van der Waals surface area contributed by atoms with Crippen LogP contribution in [0.3, 0.4) is 0 Å². The van der Waals surface area contributed by atoms with E-state index in [0.29, 0.717) is 11.7 Å². The molecule has 1 amide bonds. The maximum atomic E-state index is 12.4. The summed E-state index contributed by atoms with van der Waals surface area (Å²) in [4.78, 5) is 26.1. The fourth-order valence-electron chi connectivity index (χ4n) is 2.87. The molecular weight excluding hydrogens is 254 g/mol. The highest BCUT2D eigenvalue weighted by molar-refractivity contribution is 5.76. The molecule has 1 aliphatic rings. The first kappa shape index (κ1) is 14.6. The fraction of sp³-hybridized carbons (Fsp3) is 0.600. The summed E-state index contributed by atoms with van der Waals surface area (Å²) in [5.41, 5.74) is 5.99. The Balaban J connectivity index is 2.09. The summed E-state index contributed by atoms with van der Waals surface area (Å²) in [5, 5.41) is 0. The molecule has 2 heterocycles. The summed E-state index contributed by atoms with van der Waals surface area (Å²) >= 11 is 0. The third kappa shape index (κ3) is 3.40. The van der Waals surface area contributed by atoms with Gasteiger partial charge in [0.05, 0.1) is 0 Å².